The van der Waals surface area contributed by atoms with Crippen LogP contribution in [-0.4, -0.2) is 22.1 Å². The lowest BCUT2D eigenvalue weighted by atomic mass is 9.74. The Labute approximate surface area is 132 Å². The lowest BCUT2D eigenvalue weighted by Gasteiger charge is -2.38. The Morgan fingerprint density at radius 3 is 3.00 bits per heavy atom. The van der Waals surface area contributed by atoms with Crippen molar-refractivity contribution >= 4 is 0 Å². The number of nitrogens with one attached hydrogen (secondary N) is 1. The molecular weight excluding hydrogens is 270 g/mol. The van der Waals surface area contributed by atoms with Gasteiger partial charge in [0.05, 0.1) is 0 Å². The van der Waals surface area contributed by atoms with Gasteiger partial charge in [-0.3, -0.25) is 0 Å². The topological polar surface area (TPSA) is 29.9 Å². The first-order valence-corrected chi connectivity index (χ1v) is 8.58. The van der Waals surface area contributed by atoms with Crippen LogP contribution in [0.1, 0.15) is 42.1 Å². The number of fused-ring (bicyclic) bond motifs is 1. The van der Waals surface area contributed by atoms with Gasteiger partial charge in [0.25, 0.3) is 0 Å². The summed E-state index contributed by atoms with van der Waals surface area (Å²) in [4.78, 5) is 4.41. The molecule has 2 aromatic rings. The van der Waals surface area contributed by atoms with Crippen LogP contribution in [-0.2, 0) is 13.0 Å². The van der Waals surface area contributed by atoms with E-state index in [1.807, 2.05) is 6.20 Å². The molecule has 0 bridgehead atoms. The number of nitrogens with zero attached hydrogens (tertiary/aromatic N) is 2. The molecule has 0 radical (unpaired) electrons. The van der Waals surface area contributed by atoms with Crippen molar-refractivity contribution in [1.29, 1.82) is 0 Å². The monoisotopic (exact) mass is 295 g/mol. The van der Waals surface area contributed by atoms with Gasteiger partial charge in [-0.15, -0.1) is 0 Å². The summed E-state index contributed by atoms with van der Waals surface area (Å²) in [6.07, 6.45) is 9.07. The van der Waals surface area contributed by atoms with Crippen LogP contribution < -0.4 is 5.32 Å². The molecule has 0 unspecified atom stereocenters. The quantitative estimate of drug-likeness (QED) is 0.938. The molecule has 1 N–H and O–H groups in total. The molecule has 1 aliphatic heterocycles. The molecule has 1 aromatic carbocycles. The molecule has 1 aliphatic carbocycles. The zero-order chi connectivity index (χ0) is 14.9. The highest BCUT2D eigenvalue weighted by atomic mass is 15.1. The molecule has 4 rings (SSSR count). The van der Waals surface area contributed by atoms with Gasteiger partial charge in [0, 0.05) is 31.4 Å². The van der Waals surface area contributed by atoms with Crippen LogP contribution >= 0.6 is 0 Å². The van der Waals surface area contributed by atoms with Gasteiger partial charge in [-0.1, -0.05) is 24.3 Å². The summed E-state index contributed by atoms with van der Waals surface area (Å²) in [6.45, 7) is 4.53. The Kier molecular flexibility index (Phi) is 3.75. The second-order valence-corrected chi connectivity index (χ2v) is 7.03. The minimum Gasteiger partial charge on any atom is -0.335 e. The molecule has 1 aromatic heterocycles. The largest absolute Gasteiger partial charge is 0.335 e. The number of aromatic nitrogens is 2. The summed E-state index contributed by atoms with van der Waals surface area (Å²) < 4.78 is 2.33. The average molecular weight is 295 g/mol. The van der Waals surface area contributed by atoms with Crippen molar-refractivity contribution in [3.05, 3.63) is 53.6 Å². The van der Waals surface area contributed by atoms with E-state index in [9.17, 15) is 0 Å². The maximum absolute atomic E-state index is 4.41. The fourth-order valence-electron chi connectivity index (χ4n) is 4.02. The Balaban J connectivity index is 1.25. The Morgan fingerprint density at radius 1 is 1.27 bits per heavy atom. The SMILES string of the molecule is Cc1ccccc1C1CC(NC[C@H]2CCc3nccn3C2)C1. The van der Waals surface area contributed by atoms with E-state index in [0.717, 1.165) is 31.3 Å². The van der Waals surface area contributed by atoms with Crippen molar-refractivity contribution in [2.24, 2.45) is 5.92 Å². The molecule has 0 amide bonds. The van der Waals surface area contributed by atoms with Crippen LogP contribution in [0.3, 0.4) is 0 Å². The van der Waals surface area contributed by atoms with Crippen molar-refractivity contribution in [2.75, 3.05) is 6.54 Å². The molecule has 0 saturated heterocycles. The minimum atomic E-state index is 0.716. The van der Waals surface area contributed by atoms with Gasteiger partial charge < -0.3 is 9.88 Å². The van der Waals surface area contributed by atoms with Crippen molar-refractivity contribution in [3.63, 3.8) is 0 Å². The lowest BCUT2D eigenvalue weighted by Crippen LogP contribution is -2.43. The second kappa shape index (κ2) is 5.88. The van der Waals surface area contributed by atoms with Gasteiger partial charge in [0.2, 0.25) is 0 Å². The van der Waals surface area contributed by atoms with Crippen LogP contribution in [0.5, 0.6) is 0 Å². The molecule has 3 heteroatoms. The van der Waals surface area contributed by atoms with E-state index >= 15 is 0 Å². The summed E-state index contributed by atoms with van der Waals surface area (Å²) in [6, 6.07) is 9.57. The molecule has 1 fully saturated rings. The number of imidazole rings is 1. The summed E-state index contributed by atoms with van der Waals surface area (Å²) in [5.41, 5.74) is 3.01. The van der Waals surface area contributed by atoms with E-state index in [1.54, 1.807) is 5.56 Å². The van der Waals surface area contributed by atoms with E-state index in [0.29, 0.717) is 6.04 Å². The van der Waals surface area contributed by atoms with Gasteiger partial charge in [-0.2, -0.15) is 0 Å². The Morgan fingerprint density at radius 2 is 2.14 bits per heavy atom. The van der Waals surface area contributed by atoms with Crippen molar-refractivity contribution in [1.82, 2.24) is 14.9 Å². The van der Waals surface area contributed by atoms with E-state index in [-0.39, 0.29) is 0 Å². The minimum absolute atomic E-state index is 0.716. The van der Waals surface area contributed by atoms with Crippen molar-refractivity contribution < 1.29 is 0 Å². The van der Waals surface area contributed by atoms with Crippen LogP contribution in [0, 0.1) is 12.8 Å². The summed E-state index contributed by atoms with van der Waals surface area (Å²) in [7, 11) is 0. The predicted molar refractivity (Wildman–Crippen MR) is 89.0 cm³/mol. The highest BCUT2D eigenvalue weighted by Crippen LogP contribution is 2.38. The van der Waals surface area contributed by atoms with Gasteiger partial charge in [0.15, 0.2) is 0 Å². The van der Waals surface area contributed by atoms with E-state index in [4.69, 9.17) is 0 Å². The standard InChI is InChI=1S/C19H25N3/c1-14-4-2-3-5-18(14)16-10-17(11-16)21-12-15-6-7-19-20-8-9-22(19)13-15/h2-5,8-9,15-17,21H,6-7,10-13H2,1H3/t15-,16?,17?/m1/s1. The van der Waals surface area contributed by atoms with Gasteiger partial charge in [-0.05, 0) is 55.7 Å². The van der Waals surface area contributed by atoms with Gasteiger partial charge in [-0.25, -0.2) is 4.98 Å². The van der Waals surface area contributed by atoms with Crippen LogP contribution in [0.2, 0.25) is 0 Å². The molecule has 22 heavy (non-hydrogen) atoms. The maximum Gasteiger partial charge on any atom is 0.108 e. The first-order valence-electron chi connectivity index (χ1n) is 8.58. The summed E-state index contributed by atoms with van der Waals surface area (Å²) in [5, 5.41) is 3.80. The van der Waals surface area contributed by atoms with Crippen molar-refractivity contribution in [2.45, 2.75) is 51.1 Å². The third-order valence-corrected chi connectivity index (χ3v) is 5.49. The Hall–Kier alpha value is -1.61. The third kappa shape index (κ3) is 2.70. The van der Waals surface area contributed by atoms with Gasteiger partial charge >= 0.3 is 0 Å². The fourth-order valence-corrected chi connectivity index (χ4v) is 4.02. The van der Waals surface area contributed by atoms with E-state index in [1.165, 1.54) is 30.7 Å². The molecule has 0 spiro atoms. The first-order chi connectivity index (χ1) is 10.8. The first kappa shape index (κ1) is 14.0. The number of benzene rings is 1. The van der Waals surface area contributed by atoms with Crippen LogP contribution in [0.25, 0.3) is 0 Å². The molecule has 1 saturated carbocycles. The van der Waals surface area contributed by atoms with Gasteiger partial charge in [0.1, 0.15) is 5.82 Å². The molecule has 2 aliphatic rings. The fraction of sp³-hybridized carbons (Fsp3) is 0.526. The van der Waals surface area contributed by atoms with Crippen LogP contribution in [0.4, 0.5) is 0 Å². The number of hydrogen-bond acceptors (Lipinski definition) is 2. The normalized spacial score (nSPS) is 27.2. The average Bonchev–Trinajstić information content (AvgIpc) is 2.95. The number of hydrogen-bond donors (Lipinski definition) is 1. The van der Waals surface area contributed by atoms with E-state index < -0.39 is 0 Å². The number of aryl methyl sites for hydroxylation is 2. The molecule has 116 valence electrons. The smallest absolute Gasteiger partial charge is 0.108 e. The summed E-state index contributed by atoms with van der Waals surface area (Å²) >= 11 is 0. The third-order valence-electron chi connectivity index (χ3n) is 5.49. The zero-order valence-electron chi connectivity index (χ0n) is 13.3. The zero-order valence-corrected chi connectivity index (χ0v) is 13.3. The van der Waals surface area contributed by atoms with Crippen LogP contribution in [0.15, 0.2) is 36.7 Å². The second-order valence-electron chi connectivity index (χ2n) is 7.03. The van der Waals surface area contributed by atoms with E-state index in [2.05, 4.69) is 52.3 Å². The number of rotatable bonds is 4. The van der Waals surface area contributed by atoms with Crippen molar-refractivity contribution in [3.8, 4) is 0 Å². The predicted octanol–water partition coefficient (Wildman–Crippen LogP) is 3.29. The molecule has 1 atom stereocenters. The highest BCUT2D eigenvalue weighted by molar-refractivity contribution is 5.31. The molecular formula is C19H25N3. The molecule has 3 nitrogen and oxygen atoms in total. The Bertz CT molecular complexity index is 640. The summed E-state index contributed by atoms with van der Waals surface area (Å²) in [5.74, 6) is 2.80. The highest BCUT2D eigenvalue weighted by Gasteiger charge is 2.31. The molecule has 2 heterocycles. The lowest BCUT2D eigenvalue weighted by molar-refractivity contribution is 0.256. The maximum atomic E-state index is 4.41.